The van der Waals surface area contributed by atoms with E-state index < -0.39 is 17.6 Å². The summed E-state index contributed by atoms with van der Waals surface area (Å²) < 4.78 is 32.4. The molecular weight excluding hydrogens is 378 g/mol. The monoisotopic (exact) mass is 394 g/mol. The zero-order valence-electron chi connectivity index (χ0n) is 14.3. The minimum absolute atomic E-state index is 0.0252. The first-order valence-corrected chi connectivity index (χ1v) is 8.73. The molecule has 1 aliphatic heterocycles. The highest BCUT2D eigenvalue weighted by Crippen LogP contribution is 2.28. The fourth-order valence-corrected chi connectivity index (χ4v) is 2.96. The summed E-state index contributed by atoms with van der Waals surface area (Å²) in [5.41, 5.74) is -0.0252. The predicted molar refractivity (Wildman–Crippen MR) is 96.8 cm³/mol. The number of amides is 2. The van der Waals surface area contributed by atoms with Gasteiger partial charge in [-0.15, -0.1) is 0 Å². The van der Waals surface area contributed by atoms with Crippen LogP contribution in [-0.4, -0.2) is 31.5 Å². The fourth-order valence-electron chi connectivity index (χ4n) is 2.83. The minimum Gasteiger partial charge on any atom is -0.492 e. The third-order valence-electron chi connectivity index (χ3n) is 4.18. The number of rotatable bonds is 6. The van der Waals surface area contributed by atoms with Gasteiger partial charge in [-0.3, -0.25) is 9.59 Å². The third kappa shape index (κ3) is 4.74. The van der Waals surface area contributed by atoms with Crippen LogP contribution in [-0.2, 0) is 9.59 Å². The summed E-state index contributed by atoms with van der Waals surface area (Å²) in [7, 11) is 0. The first kappa shape index (κ1) is 19.1. The van der Waals surface area contributed by atoms with Gasteiger partial charge in [-0.05, 0) is 36.4 Å². The van der Waals surface area contributed by atoms with Crippen molar-refractivity contribution in [3.8, 4) is 5.75 Å². The molecule has 1 saturated heterocycles. The molecular formula is C19H17ClF2N2O3. The van der Waals surface area contributed by atoms with Crippen LogP contribution in [0.2, 0.25) is 5.02 Å². The summed E-state index contributed by atoms with van der Waals surface area (Å²) in [6, 6.07) is 9.81. The molecule has 0 aromatic heterocycles. The molecule has 142 valence electrons. The Morgan fingerprint density at radius 1 is 1.22 bits per heavy atom. The Labute approximate surface area is 159 Å². The predicted octanol–water partition coefficient (Wildman–Crippen LogP) is 3.17. The molecule has 8 heteroatoms. The van der Waals surface area contributed by atoms with E-state index in [-0.39, 0.29) is 43.6 Å². The van der Waals surface area contributed by atoms with Crippen LogP contribution >= 0.6 is 11.6 Å². The number of nitrogens with one attached hydrogen (secondary N) is 1. The normalized spacial score (nSPS) is 16.5. The van der Waals surface area contributed by atoms with E-state index in [9.17, 15) is 18.4 Å². The number of halogens is 3. The van der Waals surface area contributed by atoms with Crippen LogP contribution in [0.25, 0.3) is 0 Å². The Morgan fingerprint density at radius 2 is 1.96 bits per heavy atom. The summed E-state index contributed by atoms with van der Waals surface area (Å²) in [5, 5.41) is 3.30. The van der Waals surface area contributed by atoms with Gasteiger partial charge in [-0.25, -0.2) is 8.78 Å². The Bertz CT molecular complexity index is 845. The van der Waals surface area contributed by atoms with Crippen LogP contribution in [0.15, 0.2) is 42.5 Å². The molecule has 2 aromatic carbocycles. The average Bonchev–Trinajstić information content (AvgIpc) is 3.02. The van der Waals surface area contributed by atoms with Gasteiger partial charge in [0.2, 0.25) is 11.8 Å². The van der Waals surface area contributed by atoms with Crippen LogP contribution < -0.4 is 15.0 Å². The number of anilines is 1. The van der Waals surface area contributed by atoms with E-state index in [1.54, 1.807) is 24.3 Å². The standard InChI is InChI=1S/C19H17ClF2N2O3/c20-13-1-4-15(5-2-13)27-8-7-23-19(26)12-9-18(25)24(11-12)17-6-3-14(21)10-16(17)22/h1-6,10,12H,7-9,11H2,(H,23,26). The topological polar surface area (TPSA) is 58.6 Å². The molecule has 2 amide bonds. The maximum Gasteiger partial charge on any atom is 0.227 e. The Balaban J connectivity index is 1.49. The SMILES string of the molecule is O=C(NCCOc1ccc(Cl)cc1)C1CC(=O)N(c2ccc(F)cc2F)C1. The second kappa shape index (κ2) is 8.35. The maximum atomic E-state index is 13.9. The largest absolute Gasteiger partial charge is 0.492 e. The van der Waals surface area contributed by atoms with E-state index in [0.29, 0.717) is 16.8 Å². The smallest absolute Gasteiger partial charge is 0.227 e. The lowest BCUT2D eigenvalue weighted by molar-refractivity contribution is -0.126. The number of benzene rings is 2. The fraction of sp³-hybridized carbons (Fsp3) is 0.263. The van der Waals surface area contributed by atoms with Gasteiger partial charge in [-0.1, -0.05) is 11.6 Å². The summed E-state index contributed by atoms with van der Waals surface area (Å²) in [5.74, 6) is -2.22. The van der Waals surface area contributed by atoms with Crippen molar-refractivity contribution in [2.75, 3.05) is 24.6 Å². The van der Waals surface area contributed by atoms with E-state index >= 15 is 0 Å². The number of hydrogen-bond donors (Lipinski definition) is 1. The summed E-state index contributed by atoms with van der Waals surface area (Å²) in [6.45, 7) is 0.562. The Kier molecular flexibility index (Phi) is 5.91. The van der Waals surface area contributed by atoms with Crippen LogP contribution in [0.3, 0.4) is 0 Å². The molecule has 1 fully saturated rings. The highest BCUT2D eigenvalue weighted by atomic mass is 35.5. The average molecular weight is 395 g/mol. The molecule has 0 bridgehead atoms. The van der Waals surface area contributed by atoms with E-state index in [2.05, 4.69) is 5.32 Å². The molecule has 0 spiro atoms. The van der Waals surface area contributed by atoms with Crippen molar-refractivity contribution >= 4 is 29.1 Å². The van der Waals surface area contributed by atoms with Gasteiger partial charge in [0.1, 0.15) is 24.0 Å². The van der Waals surface area contributed by atoms with Crippen molar-refractivity contribution in [1.29, 1.82) is 0 Å². The van der Waals surface area contributed by atoms with Gasteiger partial charge in [0.05, 0.1) is 18.2 Å². The molecule has 5 nitrogen and oxygen atoms in total. The van der Waals surface area contributed by atoms with Gasteiger partial charge in [0, 0.05) is 24.1 Å². The van der Waals surface area contributed by atoms with Crippen LogP contribution in [0.1, 0.15) is 6.42 Å². The zero-order chi connectivity index (χ0) is 19.4. The van der Waals surface area contributed by atoms with Gasteiger partial charge < -0.3 is 15.0 Å². The van der Waals surface area contributed by atoms with E-state index in [4.69, 9.17) is 16.3 Å². The van der Waals surface area contributed by atoms with E-state index in [1.807, 2.05) is 0 Å². The number of carbonyl (C=O) groups is 2. The van der Waals surface area contributed by atoms with Crippen molar-refractivity contribution in [3.63, 3.8) is 0 Å². The van der Waals surface area contributed by atoms with Crippen molar-refractivity contribution in [3.05, 3.63) is 59.1 Å². The first-order chi connectivity index (χ1) is 12.9. The maximum absolute atomic E-state index is 13.9. The van der Waals surface area contributed by atoms with Crippen LogP contribution in [0.5, 0.6) is 5.75 Å². The van der Waals surface area contributed by atoms with Gasteiger partial charge in [0.25, 0.3) is 0 Å². The minimum atomic E-state index is -0.833. The molecule has 0 saturated carbocycles. The van der Waals surface area contributed by atoms with Gasteiger partial charge >= 0.3 is 0 Å². The first-order valence-electron chi connectivity index (χ1n) is 8.35. The number of ether oxygens (including phenoxy) is 1. The quantitative estimate of drug-likeness (QED) is 0.766. The number of hydrogen-bond acceptors (Lipinski definition) is 3. The second-order valence-corrected chi connectivity index (χ2v) is 6.53. The molecule has 1 N–H and O–H groups in total. The zero-order valence-corrected chi connectivity index (χ0v) is 15.0. The number of nitrogens with zero attached hydrogens (tertiary/aromatic N) is 1. The molecule has 0 radical (unpaired) electrons. The lowest BCUT2D eigenvalue weighted by Crippen LogP contribution is -2.35. The molecule has 0 aliphatic carbocycles. The van der Waals surface area contributed by atoms with Crippen molar-refractivity contribution in [2.45, 2.75) is 6.42 Å². The summed E-state index contributed by atoms with van der Waals surface area (Å²) >= 11 is 5.79. The van der Waals surface area contributed by atoms with Crippen molar-refractivity contribution in [2.24, 2.45) is 5.92 Å². The third-order valence-corrected chi connectivity index (χ3v) is 4.43. The highest BCUT2D eigenvalue weighted by molar-refractivity contribution is 6.30. The van der Waals surface area contributed by atoms with Gasteiger partial charge in [0.15, 0.2) is 0 Å². The van der Waals surface area contributed by atoms with Crippen molar-refractivity contribution in [1.82, 2.24) is 5.32 Å². The molecule has 2 aromatic rings. The highest BCUT2D eigenvalue weighted by Gasteiger charge is 2.36. The van der Waals surface area contributed by atoms with E-state index in [0.717, 1.165) is 6.07 Å². The van der Waals surface area contributed by atoms with Crippen LogP contribution in [0.4, 0.5) is 14.5 Å². The lowest BCUT2D eigenvalue weighted by atomic mass is 10.1. The Hall–Kier alpha value is -2.67. The molecule has 1 unspecified atom stereocenters. The summed E-state index contributed by atoms with van der Waals surface area (Å²) in [4.78, 5) is 25.5. The van der Waals surface area contributed by atoms with Crippen LogP contribution in [0, 0.1) is 17.6 Å². The molecule has 1 heterocycles. The van der Waals surface area contributed by atoms with Crippen molar-refractivity contribution < 1.29 is 23.1 Å². The molecule has 1 aliphatic rings. The Morgan fingerprint density at radius 3 is 2.67 bits per heavy atom. The molecule has 1 atom stereocenters. The van der Waals surface area contributed by atoms with E-state index in [1.165, 1.54) is 11.0 Å². The molecule has 3 rings (SSSR count). The second-order valence-electron chi connectivity index (χ2n) is 6.09. The molecule has 27 heavy (non-hydrogen) atoms. The summed E-state index contributed by atoms with van der Waals surface area (Å²) in [6.07, 6.45) is -0.0271. The lowest BCUT2D eigenvalue weighted by Gasteiger charge is -2.17. The van der Waals surface area contributed by atoms with Gasteiger partial charge in [-0.2, -0.15) is 0 Å². The number of carbonyl (C=O) groups excluding carboxylic acids is 2.